The molecule has 0 amide bonds. The van der Waals surface area contributed by atoms with Crippen molar-refractivity contribution in [3.63, 3.8) is 0 Å². The number of hydrogen-bond acceptors (Lipinski definition) is 9. The van der Waals surface area contributed by atoms with Crippen molar-refractivity contribution in [1.82, 2.24) is 0 Å². The molecule has 12 heteroatoms. The fourth-order valence-corrected chi connectivity index (χ4v) is 22.6. The van der Waals surface area contributed by atoms with Crippen LogP contribution >= 0.6 is 25.8 Å². The molecular weight excluding hydrogens is 1730 g/mol. The second-order valence-electron chi connectivity index (χ2n) is 43.9. The van der Waals surface area contributed by atoms with Gasteiger partial charge in [0.05, 0.1) is 19.8 Å². The third kappa shape index (κ3) is 50.0. The zero-order valence-corrected chi connectivity index (χ0v) is 94.0. The lowest BCUT2D eigenvalue weighted by atomic mass is 9.74. The van der Waals surface area contributed by atoms with Crippen LogP contribution in [0.1, 0.15) is 562 Å². The van der Waals surface area contributed by atoms with E-state index in [9.17, 15) is 0 Å². The van der Waals surface area contributed by atoms with E-state index in [0.29, 0.717) is 19.8 Å². The molecule has 0 heterocycles. The minimum Gasteiger partial charge on any atom is -0.417 e. The molecule has 136 heavy (non-hydrogen) atoms. The number of para-hydroxylation sites is 3. The number of unbranched alkanes of at least 4 members (excludes halogenated alkanes) is 51. The molecule has 0 saturated heterocycles. The predicted molar refractivity (Wildman–Crippen MR) is 595 cm³/mol. The number of aryl methyl sites for hydroxylation is 6. The topological polar surface area (TPSA) is 83.1 Å². The zero-order chi connectivity index (χ0) is 98.1. The first-order valence-electron chi connectivity index (χ1n) is 57.0. The van der Waals surface area contributed by atoms with Crippen LogP contribution in [0.3, 0.4) is 0 Å². The van der Waals surface area contributed by atoms with E-state index in [-0.39, 0.29) is 28.1 Å². The Morgan fingerprint density at radius 1 is 0.228 bits per heavy atom. The van der Waals surface area contributed by atoms with E-state index in [2.05, 4.69) is 241 Å². The van der Waals surface area contributed by atoms with Gasteiger partial charge in [-0.1, -0.05) is 511 Å². The molecule has 0 aliphatic rings. The molecule has 0 saturated carbocycles. The normalized spacial score (nSPS) is 13.2. The maximum atomic E-state index is 7.49. The van der Waals surface area contributed by atoms with E-state index in [1.165, 1.54) is 358 Å². The van der Waals surface area contributed by atoms with Crippen LogP contribution < -0.4 is 27.1 Å². The van der Waals surface area contributed by atoms with Crippen molar-refractivity contribution in [1.29, 1.82) is 0 Å². The van der Waals surface area contributed by atoms with Crippen LogP contribution in [0.2, 0.25) is 0 Å². The van der Waals surface area contributed by atoms with E-state index in [4.69, 9.17) is 40.7 Å². The first-order valence-corrected chi connectivity index (χ1v) is 60.3. The fourth-order valence-electron chi connectivity index (χ4n) is 19.4. The molecule has 4 unspecified atom stereocenters. The molecule has 9 nitrogen and oxygen atoms in total. The summed E-state index contributed by atoms with van der Waals surface area (Å²) in [6.45, 7) is 46.1. The third-order valence-electron chi connectivity index (χ3n) is 28.1. The molecule has 0 N–H and O–H groups in total. The quantitative estimate of drug-likeness (QED) is 0.0274. The molecule has 6 aromatic rings. The van der Waals surface area contributed by atoms with Crippen LogP contribution in [0.25, 0.3) is 0 Å². The molecule has 0 radical (unpaired) electrons. The van der Waals surface area contributed by atoms with Crippen molar-refractivity contribution in [3.8, 4) is 34.5 Å². The highest BCUT2D eigenvalue weighted by atomic mass is 31.2. The Labute approximate surface area is 842 Å². The predicted octanol–water partition coefficient (Wildman–Crippen LogP) is 42.9. The van der Waals surface area contributed by atoms with Gasteiger partial charge in [-0.3, -0.25) is 13.6 Å². The highest BCUT2D eigenvalue weighted by Crippen LogP contribution is 2.54. The minimum atomic E-state index is -1.87. The van der Waals surface area contributed by atoms with Gasteiger partial charge in [0.25, 0.3) is 0 Å². The average molecular weight is 1930 g/mol. The van der Waals surface area contributed by atoms with Gasteiger partial charge in [-0.25, -0.2) is 0 Å². The van der Waals surface area contributed by atoms with Crippen molar-refractivity contribution in [2.45, 2.75) is 551 Å². The molecule has 6 aromatic carbocycles. The molecule has 0 aliphatic heterocycles. The van der Waals surface area contributed by atoms with Gasteiger partial charge in [0, 0.05) is 22.6 Å². The van der Waals surface area contributed by atoms with Gasteiger partial charge >= 0.3 is 25.8 Å². The van der Waals surface area contributed by atoms with Crippen molar-refractivity contribution in [3.05, 3.63) is 176 Å². The first kappa shape index (κ1) is 120. The van der Waals surface area contributed by atoms with Crippen molar-refractivity contribution in [2.24, 2.45) is 0 Å². The third-order valence-corrected chi connectivity index (χ3v) is 31.3. The van der Waals surface area contributed by atoms with E-state index >= 15 is 0 Å². The average Bonchev–Trinajstić information content (AvgIpc) is 0.756. The molecule has 6 rings (SSSR count). The standard InChI is InChI=1S/C124H205O9P3/c1-20-26-32-38-44-47-50-53-56-62-68-80-92-125-134(128-116-89-77-74-86-106(116)83-71-65-59-41-35-29-23-4)131-119-96-103(8)109(99-113(119)122(11,12)13)102(7)95-112(110-100-114(123(14,15)16)120(97-104(110)9)132-135(126-93-81-69-63-57-54-51-48-45-39-33-27-21-2)129-117-90-78-75-87-107(117)84-72-66-60-42-36-30-24-5)111-101-115(124(17,18)19)121(98-105(111)10)133-136(127-94-82-70-64-58-55-52-49-46-40-34-28-22-3)130-118-91-79-76-88-108(118)85-73-67-61-43-37-31-25-6/h74-79,86-91,96-102,112H,20-73,80-85,92-95H2,1-19H3. The fraction of sp³-hybridized carbons (Fsp3) is 0.710. The summed E-state index contributed by atoms with van der Waals surface area (Å²) in [4.78, 5) is 0. The maximum Gasteiger partial charge on any atom is 0.463 e. The lowest BCUT2D eigenvalue weighted by molar-refractivity contribution is 0.255. The van der Waals surface area contributed by atoms with Gasteiger partial charge in [-0.05, 0) is 194 Å². The second kappa shape index (κ2) is 72.5. The molecular formula is C124H205O9P3. The van der Waals surface area contributed by atoms with Crippen molar-refractivity contribution < 1.29 is 40.7 Å². The molecule has 4 atom stereocenters. The van der Waals surface area contributed by atoms with Crippen molar-refractivity contribution in [2.75, 3.05) is 19.8 Å². The van der Waals surface area contributed by atoms with E-state index in [0.717, 1.165) is 135 Å². The Morgan fingerprint density at radius 2 is 0.419 bits per heavy atom. The molecule has 0 aliphatic carbocycles. The van der Waals surface area contributed by atoms with E-state index in [1.54, 1.807) is 0 Å². The lowest BCUT2D eigenvalue weighted by Crippen LogP contribution is -2.19. The van der Waals surface area contributed by atoms with Crippen LogP contribution in [0.4, 0.5) is 0 Å². The minimum absolute atomic E-state index is 0.0764. The highest BCUT2D eigenvalue weighted by molar-refractivity contribution is 7.43. The second-order valence-corrected chi connectivity index (χ2v) is 47.1. The Bertz CT molecular complexity index is 3830. The van der Waals surface area contributed by atoms with Gasteiger partial charge in [0.15, 0.2) is 0 Å². The number of rotatable bonds is 83. The summed E-state index contributed by atoms with van der Waals surface area (Å²) in [5.41, 5.74) is 13.5. The van der Waals surface area contributed by atoms with Crippen LogP contribution in [0.5, 0.6) is 34.5 Å². The van der Waals surface area contributed by atoms with Gasteiger partial charge in [-0.2, -0.15) is 0 Å². The Morgan fingerprint density at radius 3 is 0.647 bits per heavy atom. The summed E-state index contributed by atoms with van der Waals surface area (Å²) in [5.74, 6) is 5.08. The summed E-state index contributed by atoms with van der Waals surface area (Å²) >= 11 is 0. The maximum absolute atomic E-state index is 7.49. The monoisotopic (exact) mass is 1930 g/mol. The summed E-state index contributed by atoms with van der Waals surface area (Å²) in [5, 5.41) is 0. The number of benzene rings is 6. The first-order chi connectivity index (χ1) is 65.9. The summed E-state index contributed by atoms with van der Waals surface area (Å²) in [7, 11) is -5.58. The summed E-state index contributed by atoms with van der Waals surface area (Å²) < 4.78 is 64.9. The summed E-state index contributed by atoms with van der Waals surface area (Å²) in [6, 6.07) is 40.6. The Kier molecular flexibility index (Phi) is 64.0. The molecule has 0 bridgehead atoms. The van der Waals surface area contributed by atoms with Gasteiger partial charge in [0.1, 0.15) is 34.5 Å². The van der Waals surface area contributed by atoms with Crippen LogP contribution in [-0.2, 0) is 49.1 Å². The molecule has 0 fully saturated rings. The largest absolute Gasteiger partial charge is 0.463 e. The van der Waals surface area contributed by atoms with Crippen LogP contribution in [-0.4, -0.2) is 19.8 Å². The van der Waals surface area contributed by atoms with Crippen LogP contribution in [0, 0.1) is 20.8 Å². The SMILES string of the molecule is CCCCCCCCCCCCCCOP(Oc1ccccc1CCCCCCCCC)Oc1cc(C)c(C(C)CC(c2cc(C(C)(C)C)c(OP(OCCCCCCCCCCCCCC)Oc3ccccc3CCCCCCCCC)cc2C)c2cc(C(C)(C)C)c(OP(OCCCCCCCCCCCCCC)Oc3ccccc3CCCCCCCCC)cc2C)cc1C(C)(C)C. The lowest BCUT2D eigenvalue weighted by Gasteiger charge is -2.33. The Hall–Kier alpha value is -4.71. The molecule has 770 valence electrons. The van der Waals surface area contributed by atoms with Crippen LogP contribution in [0.15, 0.2) is 109 Å². The highest BCUT2D eigenvalue weighted by Gasteiger charge is 2.35. The Balaban J connectivity index is 1.47. The van der Waals surface area contributed by atoms with E-state index in [1.807, 2.05) is 0 Å². The van der Waals surface area contributed by atoms with Crippen molar-refractivity contribution >= 4 is 25.8 Å². The smallest absolute Gasteiger partial charge is 0.417 e. The van der Waals surface area contributed by atoms with E-state index < -0.39 is 25.8 Å². The molecule has 0 aromatic heterocycles. The van der Waals surface area contributed by atoms with Gasteiger partial charge in [0.2, 0.25) is 0 Å². The van der Waals surface area contributed by atoms with Gasteiger partial charge < -0.3 is 27.1 Å². The zero-order valence-electron chi connectivity index (χ0n) is 91.3. The number of hydrogen-bond donors (Lipinski definition) is 0. The van der Waals surface area contributed by atoms with Gasteiger partial charge in [-0.15, -0.1) is 0 Å². The summed E-state index contributed by atoms with van der Waals surface area (Å²) in [6.07, 6.45) is 76.5. The molecule has 0 spiro atoms.